The lowest BCUT2D eigenvalue weighted by atomic mass is 10.0. The molecule has 0 spiro atoms. The maximum Gasteiger partial charge on any atom is 0.403 e. The SMILES string of the molecule is N[C@H](C[C@H](O)c1cc(Cl)ccc1O)C(F)(F)F. The van der Waals surface area contributed by atoms with Crippen LogP contribution in [0.5, 0.6) is 5.75 Å². The fourth-order valence-electron chi connectivity index (χ4n) is 1.29. The van der Waals surface area contributed by atoms with Gasteiger partial charge in [-0.1, -0.05) is 11.6 Å². The third-order valence-corrected chi connectivity index (χ3v) is 2.48. The molecule has 1 aromatic rings. The molecule has 4 N–H and O–H groups in total. The number of benzene rings is 1. The van der Waals surface area contributed by atoms with Crippen molar-refractivity contribution >= 4 is 11.6 Å². The van der Waals surface area contributed by atoms with Crippen molar-refractivity contribution in [1.29, 1.82) is 0 Å². The third kappa shape index (κ3) is 3.76. The summed E-state index contributed by atoms with van der Waals surface area (Å²) in [5.74, 6) is -0.323. The third-order valence-electron chi connectivity index (χ3n) is 2.25. The highest BCUT2D eigenvalue weighted by molar-refractivity contribution is 6.30. The second-order valence-electron chi connectivity index (χ2n) is 3.60. The number of halogens is 4. The average molecular weight is 270 g/mol. The molecule has 0 amide bonds. The molecule has 1 aromatic carbocycles. The molecule has 96 valence electrons. The molecular weight excluding hydrogens is 259 g/mol. The molecule has 0 saturated heterocycles. The predicted octanol–water partition coefficient (Wildman–Crippen LogP) is 2.36. The van der Waals surface area contributed by atoms with Crippen molar-refractivity contribution in [2.45, 2.75) is 24.7 Å². The molecule has 7 heteroatoms. The number of rotatable bonds is 3. The minimum absolute atomic E-state index is 0.0720. The van der Waals surface area contributed by atoms with Crippen LogP contribution in [0, 0.1) is 0 Å². The topological polar surface area (TPSA) is 66.5 Å². The lowest BCUT2D eigenvalue weighted by Crippen LogP contribution is -2.38. The van der Waals surface area contributed by atoms with Crippen LogP contribution in [0.3, 0.4) is 0 Å². The van der Waals surface area contributed by atoms with E-state index in [1.54, 1.807) is 0 Å². The van der Waals surface area contributed by atoms with E-state index in [2.05, 4.69) is 0 Å². The molecule has 0 bridgehead atoms. The molecule has 1 rings (SSSR count). The number of phenolic OH excluding ortho intramolecular Hbond substituents is 1. The summed E-state index contributed by atoms with van der Waals surface area (Å²) >= 11 is 5.61. The van der Waals surface area contributed by atoms with Gasteiger partial charge >= 0.3 is 6.18 Å². The Morgan fingerprint density at radius 3 is 2.47 bits per heavy atom. The number of aliphatic hydroxyl groups is 1. The number of aromatic hydroxyl groups is 1. The molecule has 0 aliphatic rings. The molecular formula is C10H11ClF3NO2. The van der Waals surface area contributed by atoms with Crippen LogP contribution >= 0.6 is 11.6 Å². The fourth-order valence-corrected chi connectivity index (χ4v) is 1.47. The van der Waals surface area contributed by atoms with E-state index in [0.717, 1.165) is 0 Å². The highest BCUT2D eigenvalue weighted by atomic mass is 35.5. The standard InChI is InChI=1S/C10H11ClF3NO2/c11-5-1-2-7(16)6(3-5)8(17)4-9(15)10(12,13)14/h1-3,8-9,16-17H,4,15H2/t8-,9+/m0/s1. The van der Waals surface area contributed by atoms with Crippen LogP contribution in [0.2, 0.25) is 5.02 Å². The summed E-state index contributed by atoms with van der Waals surface area (Å²) in [7, 11) is 0. The summed E-state index contributed by atoms with van der Waals surface area (Å²) in [5, 5.41) is 19.1. The number of hydrogen-bond donors (Lipinski definition) is 3. The van der Waals surface area contributed by atoms with E-state index in [1.165, 1.54) is 18.2 Å². The number of alkyl halides is 3. The Morgan fingerprint density at radius 2 is 1.94 bits per heavy atom. The molecule has 0 fully saturated rings. The molecule has 2 atom stereocenters. The van der Waals surface area contributed by atoms with Crippen molar-refractivity contribution < 1.29 is 23.4 Å². The van der Waals surface area contributed by atoms with Crippen LogP contribution in [0.15, 0.2) is 18.2 Å². The monoisotopic (exact) mass is 269 g/mol. The summed E-state index contributed by atoms with van der Waals surface area (Å²) in [6, 6.07) is 1.59. The van der Waals surface area contributed by atoms with E-state index >= 15 is 0 Å². The van der Waals surface area contributed by atoms with Crippen LogP contribution in [-0.4, -0.2) is 22.4 Å². The number of aliphatic hydroxyl groups excluding tert-OH is 1. The van der Waals surface area contributed by atoms with Crippen LogP contribution in [0.4, 0.5) is 13.2 Å². The minimum atomic E-state index is -4.59. The number of nitrogens with two attached hydrogens (primary N) is 1. The van der Waals surface area contributed by atoms with Gasteiger partial charge in [0.15, 0.2) is 0 Å². The van der Waals surface area contributed by atoms with Crippen molar-refractivity contribution in [3.8, 4) is 5.75 Å². The van der Waals surface area contributed by atoms with Gasteiger partial charge in [-0.15, -0.1) is 0 Å². The van der Waals surface area contributed by atoms with E-state index in [-0.39, 0.29) is 16.3 Å². The quantitative estimate of drug-likeness (QED) is 0.789. The van der Waals surface area contributed by atoms with Gasteiger partial charge in [0.25, 0.3) is 0 Å². The van der Waals surface area contributed by atoms with E-state index in [1.807, 2.05) is 0 Å². The van der Waals surface area contributed by atoms with Crippen LogP contribution in [0.1, 0.15) is 18.1 Å². The van der Waals surface area contributed by atoms with Crippen molar-refractivity contribution in [3.05, 3.63) is 28.8 Å². The maximum atomic E-state index is 12.2. The van der Waals surface area contributed by atoms with Gasteiger partial charge in [-0.05, 0) is 18.2 Å². The Labute approximate surface area is 101 Å². The average Bonchev–Trinajstić information content (AvgIpc) is 2.20. The molecule has 0 unspecified atom stereocenters. The summed E-state index contributed by atoms with van der Waals surface area (Å²) < 4.78 is 36.5. The summed E-state index contributed by atoms with van der Waals surface area (Å²) in [6.07, 6.45) is -6.85. The lowest BCUT2D eigenvalue weighted by molar-refractivity contribution is -0.153. The van der Waals surface area contributed by atoms with Gasteiger partial charge in [0, 0.05) is 17.0 Å². The summed E-state index contributed by atoms with van der Waals surface area (Å²) in [5.41, 5.74) is 4.81. The Hall–Kier alpha value is -0.980. The molecule has 0 aliphatic heterocycles. The van der Waals surface area contributed by atoms with Crippen LogP contribution < -0.4 is 5.73 Å². The normalized spacial score (nSPS) is 15.6. The van der Waals surface area contributed by atoms with E-state index in [9.17, 15) is 23.4 Å². The van der Waals surface area contributed by atoms with Crippen molar-refractivity contribution in [2.75, 3.05) is 0 Å². The minimum Gasteiger partial charge on any atom is -0.508 e. The molecule has 0 aliphatic carbocycles. The van der Waals surface area contributed by atoms with Gasteiger partial charge in [0.2, 0.25) is 0 Å². The zero-order valence-electron chi connectivity index (χ0n) is 8.58. The number of phenols is 1. The van der Waals surface area contributed by atoms with Gasteiger partial charge in [0.1, 0.15) is 11.8 Å². The van der Waals surface area contributed by atoms with E-state index in [4.69, 9.17) is 17.3 Å². The fraction of sp³-hybridized carbons (Fsp3) is 0.400. The number of hydrogen-bond acceptors (Lipinski definition) is 3. The predicted molar refractivity (Wildman–Crippen MR) is 56.7 cm³/mol. The summed E-state index contributed by atoms with van der Waals surface area (Å²) in [4.78, 5) is 0. The van der Waals surface area contributed by atoms with E-state index in [0.29, 0.717) is 0 Å². The largest absolute Gasteiger partial charge is 0.508 e. The van der Waals surface area contributed by atoms with Crippen molar-refractivity contribution in [1.82, 2.24) is 0 Å². The first-order valence-corrected chi connectivity index (χ1v) is 5.08. The van der Waals surface area contributed by atoms with Gasteiger partial charge in [-0.25, -0.2) is 0 Å². The highest BCUT2D eigenvalue weighted by Crippen LogP contribution is 2.32. The van der Waals surface area contributed by atoms with Gasteiger partial charge in [-0.2, -0.15) is 13.2 Å². The van der Waals surface area contributed by atoms with Crippen LogP contribution in [0.25, 0.3) is 0 Å². The molecule has 0 heterocycles. The van der Waals surface area contributed by atoms with Crippen LogP contribution in [-0.2, 0) is 0 Å². The first kappa shape index (κ1) is 14.1. The molecule has 3 nitrogen and oxygen atoms in total. The molecule has 0 radical (unpaired) electrons. The van der Waals surface area contributed by atoms with E-state index < -0.39 is 24.7 Å². The first-order valence-electron chi connectivity index (χ1n) is 4.70. The first-order chi connectivity index (χ1) is 7.71. The molecule has 17 heavy (non-hydrogen) atoms. The Bertz CT molecular complexity index is 398. The highest BCUT2D eigenvalue weighted by Gasteiger charge is 2.38. The molecule has 0 saturated carbocycles. The Kier molecular flexibility index (Phi) is 4.24. The zero-order chi connectivity index (χ0) is 13.2. The zero-order valence-corrected chi connectivity index (χ0v) is 9.33. The van der Waals surface area contributed by atoms with Gasteiger partial charge in [0.05, 0.1) is 6.10 Å². The Morgan fingerprint density at radius 1 is 1.35 bits per heavy atom. The second kappa shape index (κ2) is 5.12. The Balaban J connectivity index is 2.83. The maximum absolute atomic E-state index is 12.2. The molecule has 0 aromatic heterocycles. The second-order valence-corrected chi connectivity index (χ2v) is 4.04. The smallest absolute Gasteiger partial charge is 0.403 e. The van der Waals surface area contributed by atoms with Gasteiger partial charge in [-0.3, -0.25) is 0 Å². The van der Waals surface area contributed by atoms with Crippen molar-refractivity contribution in [3.63, 3.8) is 0 Å². The van der Waals surface area contributed by atoms with Crippen molar-refractivity contribution in [2.24, 2.45) is 5.73 Å². The summed E-state index contributed by atoms with van der Waals surface area (Å²) in [6.45, 7) is 0. The van der Waals surface area contributed by atoms with Gasteiger partial charge < -0.3 is 15.9 Å². The lowest BCUT2D eigenvalue weighted by Gasteiger charge is -2.19.